The summed E-state index contributed by atoms with van der Waals surface area (Å²) in [5.74, 6) is 1.66. The van der Waals surface area contributed by atoms with E-state index in [9.17, 15) is 9.59 Å². The average molecular weight is 586 g/mol. The second-order valence-electron chi connectivity index (χ2n) is 11.2. The third kappa shape index (κ3) is 6.85. The lowest BCUT2D eigenvalue weighted by molar-refractivity contribution is -0.130. The summed E-state index contributed by atoms with van der Waals surface area (Å²) in [7, 11) is 0. The van der Waals surface area contributed by atoms with Crippen LogP contribution in [0.15, 0.2) is 66.3 Å². The topological polar surface area (TPSA) is 87.7 Å². The van der Waals surface area contributed by atoms with Gasteiger partial charge in [-0.2, -0.15) is 0 Å². The van der Waals surface area contributed by atoms with Gasteiger partial charge >= 0.3 is 0 Å². The lowest BCUT2D eigenvalue weighted by Gasteiger charge is -2.40. The van der Waals surface area contributed by atoms with Crippen molar-refractivity contribution in [2.75, 3.05) is 37.8 Å². The van der Waals surface area contributed by atoms with Crippen molar-refractivity contribution >= 4 is 29.4 Å². The number of pyridine rings is 2. The number of rotatable bonds is 10. The molecule has 0 spiro atoms. The van der Waals surface area contributed by atoms with E-state index < -0.39 is 0 Å². The minimum absolute atomic E-state index is 0.0327. The van der Waals surface area contributed by atoms with Crippen molar-refractivity contribution < 1.29 is 14.3 Å². The number of carbonyl (C=O) groups excluding carboxylic acids is 2. The number of hydrogen-bond donors (Lipinski definition) is 1. The molecule has 0 unspecified atom stereocenters. The zero-order valence-electron chi connectivity index (χ0n) is 24.8. The van der Waals surface area contributed by atoms with Gasteiger partial charge < -0.3 is 15.0 Å². The molecule has 42 heavy (non-hydrogen) atoms. The number of aryl methyl sites for hydroxylation is 2. The smallest absolute Gasteiger partial charge is 0.257 e. The van der Waals surface area contributed by atoms with E-state index in [0.29, 0.717) is 30.4 Å². The molecular formula is C33H39N5O3S. The Bertz CT molecular complexity index is 1460. The number of piperazine rings is 1. The maximum atomic E-state index is 13.2. The Morgan fingerprint density at radius 3 is 2.62 bits per heavy atom. The van der Waals surface area contributed by atoms with Gasteiger partial charge in [0, 0.05) is 55.1 Å². The first-order valence-electron chi connectivity index (χ1n) is 14.5. The zero-order chi connectivity index (χ0) is 29.8. The van der Waals surface area contributed by atoms with Crippen LogP contribution in [0.4, 0.5) is 5.82 Å². The molecule has 2 amide bonds. The summed E-state index contributed by atoms with van der Waals surface area (Å²) < 4.78 is 6.76. The summed E-state index contributed by atoms with van der Waals surface area (Å²) in [6.07, 6.45) is 9.15. The molecule has 1 saturated carbocycles. The summed E-state index contributed by atoms with van der Waals surface area (Å²) in [6, 6.07) is 11.9. The van der Waals surface area contributed by atoms with Crippen LogP contribution in [0.5, 0.6) is 5.75 Å². The molecule has 220 valence electrons. The first kappa shape index (κ1) is 29.8. The van der Waals surface area contributed by atoms with Crippen molar-refractivity contribution in [3.8, 4) is 5.75 Å². The largest absolute Gasteiger partial charge is 0.482 e. The number of benzene rings is 1. The maximum Gasteiger partial charge on any atom is 0.257 e. The van der Waals surface area contributed by atoms with Gasteiger partial charge in [0.1, 0.15) is 11.6 Å². The zero-order valence-corrected chi connectivity index (χ0v) is 25.6. The SMILES string of the molecule is C=CC(=O)N1CCN(C[C@@H](Oc2cc(C)c(C(=O)Nc3ncccc3C)cc2SC)c2ccc(C3CC3)cn2)C[C@H]1C. The molecule has 1 aliphatic heterocycles. The van der Waals surface area contributed by atoms with Gasteiger partial charge in [-0.25, -0.2) is 4.98 Å². The molecule has 0 bridgehead atoms. The molecule has 1 aromatic carbocycles. The predicted molar refractivity (Wildman–Crippen MR) is 167 cm³/mol. The van der Waals surface area contributed by atoms with Crippen molar-refractivity contribution in [2.45, 2.75) is 56.6 Å². The molecular weight excluding hydrogens is 546 g/mol. The second kappa shape index (κ2) is 13.1. The van der Waals surface area contributed by atoms with Crippen molar-refractivity contribution in [3.05, 3.63) is 89.4 Å². The van der Waals surface area contributed by atoms with Crippen LogP contribution >= 0.6 is 11.8 Å². The van der Waals surface area contributed by atoms with Gasteiger partial charge in [0.05, 0.1) is 5.69 Å². The molecule has 2 aliphatic rings. The van der Waals surface area contributed by atoms with Gasteiger partial charge in [-0.05, 0) is 92.8 Å². The van der Waals surface area contributed by atoms with E-state index in [-0.39, 0.29) is 24.0 Å². The quantitative estimate of drug-likeness (QED) is 0.238. The number of nitrogens with one attached hydrogen (secondary N) is 1. The van der Waals surface area contributed by atoms with E-state index in [2.05, 4.69) is 40.8 Å². The molecule has 0 radical (unpaired) electrons. The first-order valence-corrected chi connectivity index (χ1v) is 15.7. The Kier molecular flexibility index (Phi) is 9.28. The fourth-order valence-corrected chi connectivity index (χ4v) is 5.98. The standard InChI is InChI=1S/C33H39N5O3S/c1-6-31(39)38-15-14-37(19-23(38)4)20-29(27-12-11-25(18-35-27)24-9-10-24)41-28-16-22(3)26(17-30(28)42-5)33(40)36-32-21(2)8-7-13-34-32/h6-8,11-13,16-18,23-24,29H,1,9-10,14-15,19-20H2,2-5H3,(H,34,36,40)/t23-,29-/m1/s1. The van der Waals surface area contributed by atoms with Gasteiger partial charge in [-0.1, -0.05) is 18.7 Å². The first-order chi connectivity index (χ1) is 20.3. The number of thioether (sulfide) groups is 1. The number of aromatic nitrogens is 2. The van der Waals surface area contributed by atoms with Gasteiger partial charge in [-0.15, -0.1) is 11.8 Å². The highest BCUT2D eigenvalue weighted by Gasteiger charge is 2.30. The van der Waals surface area contributed by atoms with Crippen molar-refractivity contribution in [2.24, 2.45) is 0 Å². The van der Waals surface area contributed by atoms with Gasteiger partial charge in [-0.3, -0.25) is 19.5 Å². The van der Waals surface area contributed by atoms with Crippen LogP contribution in [0.2, 0.25) is 0 Å². The monoisotopic (exact) mass is 585 g/mol. The molecule has 3 aromatic rings. The van der Waals surface area contributed by atoms with Crippen LogP contribution in [0.1, 0.15) is 64.5 Å². The lowest BCUT2D eigenvalue weighted by Crippen LogP contribution is -2.54. The summed E-state index contributed by atoms with van der Waals surface area (Å²) in [5.41, 5.74) is 4.45. The van der Waals surface area contributed by atoms with Crippen LogP contribution in [0, 0.1) is 13.8 Å². The Hall–Kier alpha value is -3.69. The molecule has 8 nitrogen and oxygen atoms in total. The highest BCUT2D eigenvalue weighted by Crippen LogP contribution is 2.40. The van der Waals surface area contributed by atoms with Crippen LogP contribution in [0.25, 0.3) is 0 Å². The summed E-state index contributed by atoms with van der Waals surface area (Å²) in [6.45, 7) is 12.3. The number of ether oxygens (including phenoxy) is 1. The molecule has 2 aromatic heterocycles. The lowest BCUT2D eigenvalue weighted by atomic mass is 10.1. The summed E-state index contributed by atoms with van der Waals surface area (Å²) in [4.78, 5) is 39.8. The van der Waals surface area contributed by atoms with Gasteiger partial charge in [0.15, 0.2) is 6.10 Å². The molecule has 1 saturated heterocycles. The maximum absolute atomic E-state index is 13.2. The van der Waals surface area contributed by atoms with E-state index in [0.717, 1.165) is 40.6 Å². The van der Waals surface area contributed by atoms with E-state index in [4.69, 9.17) is 9.72 Å². The Labute approximate surface area is 252 Å². The molecule has 5 rings (SSSR count). The van der Waals surface area contributed by atoms with Crippen molar-refractivity contribution in [3.63, 3.8) is 0 Å². The number of hydrogen-bond acceptors (Lipinski definition) is 7. The fraction of sp³-hybridized carbons (Fsp3) is 0.394. The minimum Gasteiger partial charge on any atom is -0.482 e. The molecule has 1 N–H and O–H groups in total. The van der Waals surface area contributed by atoms with E-state index >= 15 is 0 Å². The summed E-state index contributed by atoms with van der Waals surface area (Å²) >= 11 is 1.54. The third-order valence-corrected chi connectivity index (χ3v) is 8.81. The molecule has 2 atom stereocenters. The molecule has 9 heteroatoms. The molecule has 2 fully saturated rings. The highest BCUT2D eigenvalue weighted by molar-refractivity contribution is 7.98. The molecule has 1 aliphatic carbocycles. The van der Waals surface area contributed by atoms with Crippen LogP contribution < -0.4 is 10.1 Å². The number of amides is 2. The number of nitrogens with zero attached hydrogens (tertiary/aromatic N) is 4. The van der Waals surface area contributed by atoms with Crippen LogP contribution in [0.3, 0.4) is 0 Å². The minimum atomic E-state index is -0.326. The Morgan fingerprint density at radius 2 is 1.98 bits per heavy atom. The Morgan fingerprint density at radius 1 is 1.17 bits per heavy atom. The predicted octanol–water partition coefficient (Wildman–Crippen LogP) is 5.78. The highest BCUT2D eigenvalue weighted by atomic mass is 32.2. The average Bonchev–Trinajstić information content (AvgIpc) is 3.84. The van der Waals surface area contributed by atoms with Crippen molar-refractivity contribution in [1.82, 2.24) is 19.8 Å². The van der Waals surface area contributed by atoms with Crippen LogP contribution in [-0.4, -0.2) is 70.1 Å². The number of carbonyl (C=O) groups is 2. The fourth-order valence-electron chi connectivity index (χ4n) is 5.44. The van der Waals surface area contributed by atoms with Gasteiger partial charge in [0.25, 0.3) is 5.91 Å². The van der Waals surface area contributed by atoms with Crippen LogP contribution in [-0.2, 0) is 4.79 Å². The van der Waals surface area contributed by atoms with Crippen molar-refractivity contribution in [1.29, 1.82) is 0 Å². The molecule has 3 heterocycles. The van der Waals surface area contributed by atoms with E-state index in [1.165, 1.54) is 24.5 Å². The second-order valence-corrected chi connectivity index (χ2v) is 12.0. The summed E-state index contributed by atoms with van der Waals surface area (Å²) in [5, 5.41) is 2.95. The van der Waals surface area contributed by atoms with E-state index in [1.807, 2.05) is 55.5 Å². The Balaban J connectivity index is 1.39. The number of anilines is 1. The van der Waals surface area contributed by atoms with Gasteiger partial charge in [0.2, 0.25) is 5.91 Å². The van der Waals surface area contributed by atoms with E-state index in [1.54, 1.807) is 18.0 Å². The normalized spacial score (nSPS) is 17.9. The third-order valence-electron chi connectivity index (χ3n) is 8.05.